The van der Waals surface area contributed by atoms with Crippen LogP contribution in [0.25, 0.3) is 0 Å². The normalized spacial score (nSPS) is 16.4. The average Bonchev–Trinajstić information content (AvgIpc) is 3.10. The molecule has 0 amide bonds. The minimum absolute atomic E-state index is 0.0211. The number of carboxylic acid groups (broad SMARTS) is 1. The van der Waals surface area contributed by atoms with Crippen LogP contribution >= 0.6 is 11.3 Å². The average molecular weight is 302 g/mol. The van der Waals surface area contributed by atoms with E-state index < -0.39 is 12.1 Å². The smallest absolute Gasteiger partial charge is 0.345 e. The van der Waals surface area contributed by atoms with Gasteiger partial charge in [-0.25, -0.2) is 4.79 Å². The minimum atomic E-state index is -0.977. The van der Waals surface area contributed by atoms with Crippen molar-refractivity contribution in [2.45, 2.75) is 26.4 Å². The second-order valence-corrected chi connectivity index (χ2v) is 6.07. The summed E-state index contributed by atoms with van der Waals surface area (Å²) in [6, 6.07) is 5.42. The van der Waals surface area contributed by atoms with Crippen molar-refractivity contribution in [3.63, 3.8) is 0 Å². The summed E-state index contributed by atoms with van der Waals surface area (Å²) in [6.07, 6.45) is -0.554. The predicted molar refractivity (Wildman–Crippen MR) is 79.4 cm³/mol. The van der Waals surface area contributed by atoms with Crippen LogP contribution in [-0.4, -0.2) is 23.0 Å². The number of hydrogen-bond donors (Lipinski definition) is 1. The highest BCUT2D eigenvalue weighted by molar-refractivity contribution is 7.12. The van der Waals surface area contributed by atoms with Crippen LogP contribution in [0.3, 0.4) is 0 Å². The van der Waals surface area contributed by atoms with Crippen molar-refractivity contribution < 1.29 is 19.4 Å². The SMILES string of the molecule is Cc1c(C(=O)c2cccs2)cc2c(c1C)OC(C(=O)O)C2. The van der Waals surface area contributed by atoms with Crippen LogP contribution < -0.4 is 4.74 Å². The molecule has 0 spiro atoms. The van der Waals surface area contributed by atoms with Gasteiger partial charge in [-0.2, -0.15) is 0 Å². The first kappa shape index (κ1) is 13.8. The first-order valence-electron chi connectivity index (χ1n) is 6.59. The van der Waals surface area contributed by atoms with Gasteiger partial charge in [-0.3, -0.25) is 4.79 Å². The number of ether oxygens (including phenoxy) is 1. The van der Waals surface area contributed by atoms with Gasteiger partial charge in [0.15, 0.2) is 6.10 Å². The molecule has 0 saturated carbocycles. The van der Waals surface area contributed by atoms with Gasteiger partial charge in [-0.05, 0) is 48.1 Å². The number of aliphatic carboxylic acids is 1. The van der Waals surface area contributed by atoms with E-state index in [4.69, 9.17) is 9.84 Å². The summed E-state index contributed by atoms with van der Waals surface area (Å²) < 4.78 is 5.50. The van der Waals surface area contributed by atoms with Crippen molar-refractivity contribution in [3.05, 3.63) is 50.7 Å². The van der Waals surface area contributed by atoms with Crippen LogP contribution in [0.15, 0.2) is 23.6 Å². The van der Waals surface area contributed by atoms with E-state index in [9.17, 15) is 9.59 Å². The third-order valence-electron chi connectivity index (χ3n) is 3.85. The van der Waals surface area contributed by atoms with Crippen molar-refractivity contribution in [2.75, 3.05) is 0 Å². The Hall–Kier alpha value is -2.14. The fraction of sp³-hybridized carbons (Fsp3) is 0.250. The number of carbonyl (C=O) groups is 2. The molecule has 1 aliphatic rings. The first-order valence-corrected chi connectivity index (χ1v) is 7.47. The molecule has 1 aromatic carbocycles. The molecule has 1 aliphatic heterocycles. The van der Waals surface area contributed by atoms with Gasteiger partial charge in [0, 0.05) is 12.0 Å². The van der Waals surface area contributed by atoms with E-state index in [1.807, 2.05) is 25.3 Å². The van der Waals surface area contributed by atoms with Crippen molar-refractivity contribution >= 4 is 23.1 Å². The largest absolute Gasteiger partial charge is 0.478 e. The number of rotatable bonds is 3. The third-order valence-corrected chi connectivity index (χ3v) is 4.72. The molecule has 21 heavy (non-hydrogen) atoms. The molecular formula is C16H14O4S. The zero-order valence-electron chi connectivity index (χ0n) is 11.7. The maximum absolute atomic E-state index is 12.5. The molecular weight excluding hydrogens is 288 g/mol. The van der Waals surface area contributed by atoms with Crippen molar-refractivity contribution in [1.29, 1.82) is 0 Å². The number of ketones is 1. The molecule has 2 aromatic rings. The van der Waals surface area contributed by atoms with Gasteiger partial charge in [0.2, 0.25) is 5.78 Å². The summed E-state index contributed by atoms with van der Waals surface area (Å²) >= 11 is 1.40. The number of thiophene rings is 1. The Bertz CT molecular complexity index is 731. The fourth-order valence-corrected chi connectivity index (χ4v) is 3.25. The highest BCUT2D eigenvalue weighted by Gasteiger charge is 2.32. The van der Waals surface area contributed by atoms with Crippen LogP contribution in [0.5, 0.6) is 5.75 Å². The summed E-state index contributed by atoms with van der Waals surface area (Å²) in [5.74, 6) is -0.385. The van der Waals surface area contributed by atoms with Gasteiger partial charge in [0.25, 0.3) is 0 Å². The lowest BCUT2D eigenvalue weighted by atomic mass is 9.94. The molecule has 0 saturated heterocycles. The standard InChI is InChI=1S/C16H14O4S/c1-8-9(2)15-10(7-12(20-15)16(18)19)6-11(8)14(17)13-4-3-5-21-13/h3-6,12H,7H2,1-2H3,(H,18,19). The lowest BCUT2D eigenvalue weighted by Gasteiger charge is -2.12. The van der Waals surface area contributed by atoms with Crippen molar-refractivity contribution in [1.82, 2.24) is 0 Å². The summed E-state index contributed by atoms with van der Waals surface area (Å²) in [4.78, 5) is 24.3. The van der Waals surface area contributed by atoms with E-state index in [1.54, 1.807) is 12.1 Å². The van der Waals surface area contributed by atoms with E-state index >= 15 is 0 Å². The van der Waals surface area contributed by atoms with Crippen LogP contribution in [0.4, 0.5) is 0 Å². The number of carbonyl (C=O) groups excluding carboxylic acids is 1. The molecule has 0 aliphatic carbocycles. The number of benzene rings is 1. The minimum Gasteiger partial charge on any atom is -0.478 e. The fourth-order valence-electron chi connectivity index (χ4n) is 2.57. The molecule has 4 nitrogen and oxygen atoms in total. The quantitative estimate of drug-likeness (QED) is 0.885. The first-order chi connectivity index (χ1) is 9.99. The molecule has 2 heterocycles. The number of hydrogen-bond acceptors (Lipinski definition) is 4. The van der Waals surface area contributed by atoms with Crippen LogP contribution in [0.1, 0.15) is 31.9 Å². The third kappa shape index (κ3) is 2.23. The Morgan fingerprint density at radius 3 is 2.71 bits per heavy atom. The van der Waals surface area contributed by atoms with Crippen LogP contribution in [0.2, 0.25) is 0 Å². The van der Waals surface area contributed by atoms with Gasteiger partial charge >= 0.3 is 5.97 Å². The molecule has 0 fully saturated rings. The van der Waals surface area contributed by atoms with Gasteiger partial charge in [-0.1, -0.05) is 6.07 Å². The summed E-state index contributed by atoms with van der Waals surface area (Å²) in [5, 5.41) is 11.0. The Morgan fingerprint density at radius 2 is 2.10 bits per heavy atom. The zero-order chi connectivity index (χ0) is 15.1. The van der Waals surface area contributed by atoms with E-state index in [1.165, 1.54) is 11.3 Å². The van der Waals surface area contributed by atoms with Gasteiger partial charge in [0.05, 0.1) is 4.88 Å². The lowest BCUT2D eigenvalue weighted by molar-refractivity contribution is -0.144. The van der Waals surface area contributed by atoms with Crippen LogP contribution in [-0.2, 0) is 11.2 Å². The second-order valence-electron chi connectivity index (χ2n) is 5.12. The molecule has 5 heteroatoms. The highest BCUT2D eigenvalue weighted by atomic mass is 32.1. The second kappa shape index (κ2) is 5.00. The van der Waals surface area contributed by atoms with Gasteiger partial charge in [0.1, 0.15) is 5.75 Å². The molecule has 1 N–H and O–H groups in total. The van der Waals surface area contributed by atoms with Crippen molar-refractivity contribution in [3.8, 4) is 5.75 Å². The van der Waals surface area contributed by atoms with Gasteiger partial charge in [-0.15, -0.1) is 11.3 Å². The topological polar surface area (TPSA) is 63.6 Å². The van der Waals surface area contributed by atoms with E-state index in [0.29, 0.717) is 22.6 Å². The summed E-state index contributed by atoms with van der Waals surface area (Å²) in [6.45, 7) is 3.73. The molecule has 0 radical (unpaired) electrons. The number of carboxylic acids is 1. The monoisotopic (exact) mass is 302 g/mol. The Morgan fingerprint density at radius 1 is 1.33 bits per heavy atom. The number of fused-ring (bicyclic) bond motifs is 1. The van der Waals surface area contributed by atoms with Crippen molar-refractivity contribution in [2.24, 2.45) is 0 Å². The maximum Gasteiger partial charge on any atom is 0.345 e. The van der Waals surface area contributed by atoms with E-state index in [0.717, 1.165) is 16.7 Å². The summed E-state index contributed by atoms with van der Waals surface area (Å²) in [7, 11) is 0. The molecule has 3 rings (SSSR count). The molecule has 1 atom stereocenters. The molecule has 108 valence electrons. The molecule has 1 unspecified atom stereocenters. The highest BCUT2D eigenvalue weighted by Crippen LogP contribution is 2.37. The molecule has 1 aromatic heterocycles. The Labute approximate surface area is 126 Å². The Kier molecular flexibility index (Phi) is 3.29. The van der Waals surface area contributed by atoms with Gasteiger partial charge < -0.3 is 9.84 Å². The van der Waals surface area contributed by atoms with E-state index in [-0.39, 0.29) is 5.78 Å². The van der Waals surface area contributed by atoms with Crippen LogP contribution in [0, 0.1) is 13.8 Å². The Balaban J connectivity index is 2.06. The summed E-state index contributed by atoms with van der Waals surface area (Å²) in [5.41, 5.74) is 3.11. The molecule has 0 bridgehead atoms. The maximum atomic E-state index is 12.5. The van der Waals surface area contributed by atoms with E-state index in [2.05, 4.69) is 0 Å². The predicted octanol–water partition coefficient (Wildman–Crippen LogP) is 2.98. The zero-order valence-corrected chi connectivity index (χ0v) is 12.5. The lowest BCUT2D eigenvalue weighted by Crippen LogP contribution is -2.24.